The van der Waals surface area contributed by atoms with Crippen LogP contribution in [0.3, 0.4) is 0 Å². The number of nitrogens with zero attached hydrogens (tertiary/aromatic N) is 8. The Balaban J connectivity index is 0.970. The number of methoxy groups -OCH3 is 3. The number of pyridine rings is 1. The van der Waals surface area contributed by atoms with Crippen molar-refractivity contribution in [3.63, 3.8) is 0 Å². The van der Waals surface area contributed by atoms with E-state index in [1.807, 2.05) is 30.7 Å². The number of hydrogen-bond acceptors (Lipinski definition) is 11. The fraction of sp³-hybridized carbons (Fsp3) is 0.426. The molecule has 3 aliphatic heterocycles. The van der Waals surface area contributed by atoms with E-state index in [0.29, 0.717) is 31.2 Å². The lowest BCUT2D eigenvalue weighted by atomic mass is 10.1. The number of aromatic nitrogens is 6. The van der Waals surface area contributed by atoms with Gasteiger partial charge in [-0.25, -0.2) is 24.5 Å². The summed E-state index contributed by atoms with van der Waals surface area (Å²) in [6.07, 6.45) is 9.07. The number of carboxylic acid groups (broad SMARTS) is 1. The topological polar surface area (TPSA) is 216 Å². The summed E-state index contributed by atoms with van der Waals surface area (Å²) in [5, 5.41) is 12.4. The van der Waals surface area contributed by atoms with Gasteiger partial charge in [-0.1, -0.05) is 48.5 Å². The molecule has 19 nitrogen and oxygen atoms in total. The monoisotopic (exact) mass is 996 g/mol. The van der Waals surface area contributed by atoms with Crippen molar-refractivity contribution in [3.8, 4) is 50.7 Å². The van der Waals surface area contributed by atoms with Gasteiger partial charge in [0.2, 0.25) is 11.8 Å². The summed E-state index contributed by atoms with van der Waals surface area (Å²) >= 11 is 0. The SMILES string of the molecule is COC(=O)N[C@H](C(=O)N1CCC[C@H]1c1nc(-c2ccc(-c3ccc(-c4ccc(-c5c[nH]c([C@@H]6CCCN6C(=O)[C@H]([C@@H](C)OC)N(C)C(=O)O)n5)cc4)n3-c3ccc(N4CCCCC4)nc3)cc2)c[nH]1)[C@@H](C)OC. The minimum atomic E-state index is -1.20. The molecule has 0 aliphatic carbocycles. The van der Waals surface area contributed by atoms with Crippen molar-refractivity contribution >= 4 is 29.8 Å². The first-order valence-corrected chi connectivity index (χ1v) is 25.1. The van der Waals surface area contributed by atoms with Gasteiger partial charge >= 0.3 is 12.2 Å². The van der Waals surface area contributed by atoms with E-state index in [1.165, 1.54) is 34.8 Å². The predicted octanol–water partition coefficient (Wildman–Crippen LogP) is 8.08. The highest BCUT2D eigenvalue weighted by Crippen LogP contribution is 2.38. The Morgan fingerprint density at radius 1 is 0.671 bits per heavy atom. The van der Waals surface area contributed by atoms with E-state index in [0.717, 1.165) is 107 Å². The first-order valence-electron chi connectivity index (χ1n) is 25.1. The molecule has 0 bridgehead atoms. The highest BCUT2D eigenvalue weighted by molar-refractivity contribution is 5.87. The number of benzene rings is 2. The van der Waals surface area contributed by atoms with E-state index >= 15 is 0 Å². The molecule has 73 heavy (non-hydrogen) atoms. The Kier molecular flexibility index (Phi) is 15.3. The zero-order valence-electron chi connectivity index (χ0n) is 42.3. The number of aromatic amines is 2. The van der Waals surface area contributed by atoms with Gasteiger partial charge in [0.15, 0.2) is 0 Å². The second-order valence-electron chi connectivity index (χ2n) is 19.1. The van der Waals surface area contributed by atoms with Gasteiger partial charge < -0.3 is 53.9 Å². The van der Waals surface area contributed by atoms with Crippen molar-refractivity contribution in [1.82, 2.24) is 49.5 Å². The minimum Gasteiger partial charge on any atom is -0.465 e. The van der Waals surface area contributed by atoms with Crippen molar-refractivity contribution in [2.75, 3.05) is 59.5 Å². The average Bonchev–Trinajstić information content (AvgIpc) is 4.30. The zero-order valence-corrected chi connectivity index (χ0v) is 42.3. The molecule has 6 atom stereocenters. The van der Waals surface area contributed by atoms with E-state index in [4.69, 9.17) is 29.2 Å². The first-order chi connectivity index (χ1) is 35.4. The second-order valence-corrected chi connectivity index (χ2v) is 19.1. The number of alkyl carbamates (subject to hydrolysis) is 1. The van der Waals surface area contributed by atoms with Crippen LogP contribution in [0.15, 0.2) is 91.4 Å². The number of piperidine rings is 1. The summed E-state index contributed by atoms with van der Waals surface area (Å²) in [5.74, 6) is 1.72. The number of anilines is 1. The molecule has 4 amide bonds. The zero-order chi connectivity index (χ0) is 51.3. The molecule has 4 N–H and O–H groups in total. The molecule has 7 heterocycles. The number of carbonyl (C=O) groups is 4. The molecular weight excluding hydrogens is 931 g/mol. The van der Waals surface area contributed by atoms with Gasteiger partial charge in [-0.15, -0.1) is 0 Å². The summed E-state index contributed by atoms with van der Waals surface area (Å²) < 4.78 is 17.9. The van der Waals surface area contributed by atoms with Crippen molar-refractivity contribution in [1.29, 1.82) is 0 Å². The van der Waals surface area contributed by atoms with Crippen molar-refractivity contribution < 1.29 is 38.5 Å². The summed E-state index contributed by atoms with van der Waals surface area (Å²) in [6, 6.07) is 22.5. The average molecular weight is 996 g/mol. The molecule has 0 spiro atoms. The third kappa shape index (κ3) is 10.4. The van der Waals surface area contributed by atoms with Gasteiger partial charge in [0.05, 0.1) is 66.1 Å². The molecular formula is C54H65N11O8. The van der Waals surface area contributed by atoms with Crippen LogP contribution in [-0.2, 0) is 23.8 Å². The highest BCUT2D eigenvalue weighted by Gasteiger charge is 2.42. The van der Waals surface area contributed by atoms with E-state index in [-0.39, 0.29) is 23.9 Å². The van der Waals surface area contributed by atoms with Gasteiger partial charge in [-0.2, -0.15) is 0 Å². The van der Waals surface area contributed by atoms with Crippen LogP contribution in [0.1, 0.15) is 82.5 Å². The molecule has 19 heteroatoms. The molecule has 3 fully saturated rings. The molecule has 6 aromatic rings. The van der Waals surface area contributed by atoms with Crippen LogP contribution in [0.4, 0.5) is 15.4 Å². The Morgan fingerprint density at radius 2 is 1.19 bits per heavy atom. The quantitative estimate of drug-likeness (QED) is 0.0724. The number of likely N-dealkylation sites (N-methyl/N-ethyl adjacent to an activating group) is 1. The van der Waals surface area contributed by atoms with Crippen LogP contribution >= 0.6 is 0 Å². The van der Waals surface area contributed by atoms with E-state index < -0.39 is 36.5 Å². The summed E-state index contributed by atoms with van der Waals surface area (Å²) in [5.41, 5.74) is 8.14. The number of imidazole rings is 2. The summed E-state index contributed by atoms with van der Waals surface area (Å²) in [4.78, 5) is 80.3. The number of carbonyl (C=O) groups excluding carboxylic acids is 3. The maximum absolute atomic E-state index is 13.9. The van der Waals surface area contributed by atoms with Gasteiger partial charge in [0.1, 0.15) is 29.6 Å². The highest BCUT2D eigenvalue weighted by atomic mass is 16.5. The first kappa shape index (κ1) is 50.4. The third-order valence-electron chi connectivity index (χ3n) is 14.8. The molecule has 3 saturated heterocycles. The van der Waals surface area contributed by atoms with Gasteiger partial charge in [0, 0.05) is 71.0 Å². The lowest BCUT2D eigenvalue weighted by Gasteiger charge is -2.34. The number of ether oxygens (including phenoxy) is 3. The molecule has 9 rings (SSSR count). The third-order valence-corrected chi connectivity index (χ3v) is 14.8. The van der Waals surface area contributed by atoms with Crippen molar-refractivity contribution in [2.24, 2.45) is 0 Å². The number of hydrogen-bond donors (Lipinski definition) is 4. The molecule has 0 saturated carbocycles. The molecule has 0 radical (unpaired) electrons. The van der Waals surface area contributed by atoms with Crippen LogP contribution in [0.25, 0.3) is 50.7 Å². The predicted molar refractivity (Wildman–Crippen MR) is 275 cm³/mol. The number of amides is 4. The van der Waals surface area contributed by atoms with Gasteiger partial charge in [-0.3, -0.25) is 14.5 Å². The summed E-state index contributed by atoms with van der Waals surface area (Å²) in [7, 11) is 5.63. The number of rotatable bonds is 16. The molecule has 2 aromatic carbocycles. The maximum atomic E-state index is 13.9. The lowest BCUT2D eigenvalue weighted by Crippen LogP contribution is -2.54. The number of H-pyrrole nitrogens is 2. The minimum absolute atomic E-state index is 0.259. The smallest absolute Gasteiger partial charge is 0.407 e. The maximum Gasteiger partial charge on any atom is 0.407 e. The molecule has 384 valence electrons. The fourth-order valence-corrected chi connectivity index (χ4v) is 10.5. The Hall–Kier alpha value is -7.51. The van der Waals surface area contributed by atoms with Crippen molar-refractivity contribution in [3.05, 3.63) is 103 Å². The Bertz CT molecular complexity index is 2870. The Labute approximate surface area is 424 Å². The van der Waals surface area contributed by atoms with Crippen molar-refractivity contribution in [2.45, 2.75) is 95.2 Å². The van der Waals surface area contributed by atoms with Crippen LogP contribution in [0.2, 0.25) is 0 Å². The fourth-order valence-electron chi connectivity index (χ4n) is 10.5. The van der Waals surface area contributed by atoms with Crippen LogP contribution in [0.5, 0.6) is 0 Å². The summed E-state index contributed by atoms with van der Waals surface area (Å²) in [6.45, 7) is 6.44. The molecule has 3 aliphatic rings. The van der Waals surface area contributed by atoms with E-state index in [1.54, 1.807) is 23.6 Å². The van der Waals surface area contributed by atoms with Gasteiger partial charge in [0.25, 0.3) is 0 Å². The standard InChI is InChI=1S/C54H65N11O8/c1-33(71-4)47(60-53(68)73-6)51(66)63-28-10-12-44(63)49-56-31-40(58-49)35-14-18-37(19-15-35)42-23-24-43(65(42)39-22-25-46(55-30-39)62-26-8-7-9-27-62)38-20-16-36(17-21-38)41-32-57-50(59-41)45-13-11-29-64(45)52(67)48(34(2)72-5)61(3)54(69)70/h14-25,30-34,44-45,47-48H,7-13,26-29H2,1-6H3,(H,56,58)(H,57,59)(H,60,68)(H,69,70)/t33-,34-,44+,45+,47+,48+/m1/s1. The second kappa shape index (κ2) is 22.1. The van der Waals surface area contributed by atoms with Crippen LogP contribution < -0.4 is 10.2 Å². The lowest BCUT2D eigenvalue weighted by molar-refractivity contribution is -0.141. The number of likely N-dealkylation sites (tertiary alicyclic amines) is 2. The molecule has 0 unspecified atom stereocenters. The van der Waals surface area contributed by atoms with E-state index in [2.05, 4.69) is 85.4 Å². The van der Waals surface area contributed by atoms with Gasteiger partial charge in [-0.05, 0) is 94.2 Å². The van der Waals surface area contributed by atoms with E-state index in [9.17, 15) is 24.3 Å². The normalized spacial score (nSPS) is 18.6. The van der Waals surface area contributed by atoms with Crippen LogP contribution in [-0.4, -0.2) is 152 Å². The molecule has 4 aromatic heterocycles. The number of nitrogens with one attached hydrogen (secondary N) is 3. The van der Waals surface area contributed by atoms with Crippen LogP contribution in [0, 0.1) is 0 Å². The largest absolute Gasteiger partial charge is 0.465 e. The Morgan fingerprint density at radius 3 is 1.67 bits per heavy atom.